The first-order chi connectivity index (χ1) is 8.13. The molecule has 0 radical (unpaired) electrons. The fourth-order valence-electron chi connectivity index (χ4n) is 1.28. The second kappa shape index (κ2) is 7.09. The van der Waals surface area contributed by atoms with E-state index in [1.807, 2.05) is 38.4 Å². The molecule has 0 bridgehead atoms. The van der Waals surface area contributed by atoms with Gasteiger partial charge in [-0.1, -0.05) is 0 Å². The van der Waals surface area contributed by atoms with Crippen molar-refractivity contribution in [2.45, 2.75) is 0 Å². The second-order valence-corrected chi connectivity index (χ2v) is 4.22. The molecule has 0 aliphatic rings. The highest BCUT2D eigenvalue weighted by molar-refractivity contribution is 7.80. The van der Waals surface area contributed by atoms with Crippen LogP contribution in [0.3, 0.4) is 0 Å². The van der Waals surface area contributed by atoms with Crippen LogP contribution >= 0.6 is 12.2 Å². The molecule has 0 fully saturated rings. The minimum Gasteiger partial charge on any atom is -0.383 e. The van der Waals surface area contributed by atoms with Crippen LogP contribution in [-0.4, -0.2) is 39.5 Å². The van der Waals surface area contributed by atoms with Gasteiger partial charge >= 0.3 is 0 Å². The molecule has 5 heteroatoms. The third-order valence-electron chi connectivity index (χ3n) is 2.23. The highest BCUT2D eigenvalue weighted by Gasteiger charge is 1.98. The molecule has 1 aromatic rings. The molecular weight excluding hydrogens is 234 g/mol. The lowest BCUT2D eigenvalue weighted by Gasteiger charge is -2.14. The van der Waals surface area contributed by atoms with E-state index in [4.69, 9.17) is 17.0 Å². The van der Waals surface area contributed by atoms with Crippen molar-refractivity contribution in [3.05, 3.63) is 24.3 Å². The van der Waals surface area contributed by atoms with Gasteiger partial charge in [-0.3, -0.25) is 0 Å². The lowest BCUT2D eigenvalue weighted by molar-refractivity contribution is 0.204. The van der Waals surface area contributed by atoms with E-state index in [-0.39, 0.29) is 0 Å². The molecule has 0 saturated carbocycles. The Bertz CT molecular complexity index is 351. The summed E-state index contributed by atoms with van der Waals surface area (Å²) in [6.45, 7) is 1.35. The van der Waals surface area contributed by atoms with Gasteiger partial charge in [0.25, 0.3) is 0 Å². The molecule has 4 nitrogen and oxygen atoms in total. The van der Waals surface area contributed by atoms with E-state index >= 15 is 0 Å². The Hall–Kier alpha value is -1.33. The molecule has 0 unspecified atom stereocenters. The third-order valence-corrected chi connectivity index (χ3v) is 2.48. The molecule has 0 spiro atoms. The van der Waals surface area contributed by atoms with Crippen LogP contribution in [0.5, 0.6) is 0 Å². The van der Waals surface area contributed by atoms with Crippen LogP contribution in [0.25, 0.3) is 0 Å². The van der Waals surface area contributed by atoms with Gasteiger partial charge in [0, 0.05) is 39.1 Å². The number of hydrogen-bond acceptors (Lipinski definition) is 3. The number of hydrogen-bond donors (Lipinski definition) is 2. The Kier molecular flexibility index (Phi) is 5.72. The van der Waals surface area contributed by atoms with Gasteiger partial charge in [0.15, 0.2) is 5.11 Å². The van der Waals surface area contributed by atoms with Gasteiger partial charge < -0.3 is 20.3 Å². The number of benzene rings is 1. The summed E-state index contributed by atoms with van der Waals surface area (Å²) >= 11 is 5.15. The predicted molar refractivity (Wildman–Crippen MR) is 76.9 cm³/mol. The summed E-state index contributed by atoms with van der Waals surface area (Å²) in [5, 5.41) is 6.78. The first-order valence-electron chi connectivity index (χ1n) is 5.44. The maximum absolute atomic E-state index is 5.15. The number of methoxy groups -OCH3 is 1. The van der Waals surface area contributed by atoms with Gasteiger partial charge in [-0.2, -0.15) is 0 Å². The van der Waals surface area contributed by atoms with Crippen molar-refractivity contribution in [2.24, 2.45) is 0 Å². The summed E-state index contributed by atoms with van der Waals surface area (Å²) < 4.78 is 4.93. The summed E-state index contributed by atoms with van der Waals surface area (Å²) in [6, 6.07) is 8.08. The van der Waals surface area contributed by atoms with E-state index in [0.29, 0.717) is 18.3 Å². The van der Waals surface area contributed by atoms with E-state index in [1.165, 1.54) is 0 Å². The van der Waals surface area contributed by atoms with E-state index in [9.17, 15) is 0 Å². The highest BCUT2D eigenvalue weighted by Crippen LogP contribution is 2.15. The summed E-state index contributed by atoms with van der Waals surface area (Å²) in [5.74, 6) is 0. The van der Waals surface area contributed by atoms with E-state index in [0.717, 1.165) is 11.4 Å². The van der Waals surface area contributed by atoms with Crippen LogP contribution in [0.4, 0.5) is 11.4 Å². The monoisotopic (exact) mass is 253 g/mol. The van der Waals surface area contributed by atoms with Gasteiger partial charge in [0.2, 0.25) is 0 Å². The standard InChI is InChI=1S/C12H19N3OS/c1-15(2)11-6-4-10(5-7-11)14-12(17)13-8-9-16-3/h4-7H,8-9H2,1-3H3,(H2,13,14,17). The number of thiocarbonyl (C=S) groups is 1. The average molecular weight is 253 g/mol. The zero-order valence-electron chi connectivity index (χ0n) is 10.5. The molecule has 17 heavy (non-hydrogen) atoms. The van der Waals surface area contributed by atoms with Crippen molar-refractivity contribution in [3.8, 4) is 0 Å². The molecule has 0 aliphatic heterocycles. The molecule has 0 atom stereocenters. The maximum atomic E-state index is 5.15. The van der Waals surface area contributed by atoms with Crippen LogP contribution < -0.4 is 15.5 Å². The molecule has 1 aromatic carbocycles. The molecule has 94 valence electrons. The molecule has 0 aliphatic carbocycles. The second-order valence-electron chi connectivity index (χ2n) is 3.82. The molecule has 0 amide bonds. The van der Waals surface area contributed by atoms with Gasteiger partial charge in [-0.05, 0) is 36.5 Å². The fourth-order valence-corrected chi connectivity index (χ4v) is 1.50. The van der Waals surface area contributed by atoms with Crippen molar-refractivity contribution >= 4 is 28.7 Å². The van der Waals surface area contributed by atoms with Gasteiger partial charge in [0.05, 0.1) is 6.61 Å². The summed E-state index contributed by atoms with van der Waals surface area (Å²) in [6.07, 6.45) is 0. The number of ether oxygens (including phenoxy) is 1. The highest BCUT2D eigenvalue weighted by atomic mass is 32.1. The largest absolute Gasteiger partial charge is 0.383 e. The van der Waals surface area contributed by atoms with Crippen LogP contribution in [-0.2, 0) is 4.74 Å². The summed E-state index contributed by atoms with van der Waals surface area (Å²) in [4.78, 5) is 2.05. The normalized spacial score (nSPS) is 9.82. The van der Waals surface area contributed by atoms with Crippen LogP contribution in [0.15, 0.2) is 24.3 Å². The van der Waals surface area contributed by atoms with Crippen LogP contribution in [0.2, 0.25) is 0 Å². The van der Waals surface area contributed by atoms with Gasteiger partial charge in [-0.15, -0.1) is 0 Å². The van der Waals surface area contributed by atoms with Crippen LogP contribution in [0, 0.1) is 0 Å². The Morgan fingerprint density at radius 3 is 2.47 bits per heavy atom. The van der Waals surface area contributed by atoms with E-state index in [1.54, 1.807) is 7.11 Å². The average Bonchev–Trinajstić information content (AvgIpc) is 2.30. The zero-order valence-corrected chi connectivity index (χ0v) is 11.3. The van der Waals surface area contributed by atoms with Gasteiger partial charge in [-0.25, -0.2) is 0 Å². The number of nitrogens with zero attached hydrogens (tertiary/aromatic N) is 1. The maximum Gasteiger partial charge on any atom is 0.170 e. The molecule has 0 heterocycles. The van der Waals surface area contributed by atoms with Crippen molar-refractivity contribution in [3.63, 3.8) is 0 Å². The van der Waals surface area contributed by atoms with Crippen molar-refractivity contribution < 1.29 is 4.74 Å². The van der Waals surface area contributed by atoms with E-state index < -0.39 is 0 Å². The minimum atomic E-state index is 0.611. The molecule has 1 rings (SSSR count). The number of nitrogens with one attached hydrogen (secondary N) is 2. The van der Waals surface area contributed by atoms with E-state index in [2.05, 4.69) is 15.5 Å². The Balaban J connectivity index is 2.43. The fraction of sp³-hybridized carbons (Fsp3) is 0.417. The van der Waals surface area contributed by atoms with Crippen molar-refractivity contribution in [1.82, 2.24) is 5.32 Å². The first kappa shape index (κ1) is 13.7. The predicted octanol–water partition coefficient (Wildman–Crippen LogP) is 1.69. The van der Waals surface area contributed by atoms with Gasteiger partial charge in [0.1, 0.15) is 0 Å². The summed E-state index contributed by atoms with van der Waals surface area (Å²) in [7, 11) is 5.69. The lowest BCUT2D eigenvalue weighted by Crippen LogP contribution is -2.31. The van der Waals surface area contributed by atoms with Crippen LogP contribution in [0.1, 0.15) is 0 Å². The Morgan fingerprint density at radius 2 is 1.94 bits per heavy atom. The molecule has 0 saturated heterocycles. The Morgan fingerprint density at radius 1 is 1.29 bits per heavy atom. The first-order valence-corrected chi connectivity index (χ1v) is 5.85. The SMILES string of the molecule is COCCNC(=S)Nc1ccc(N(C)C)cc1. The molecular formula is C12H19N3OS. The zero-order chi connectivity index (χ0) is 12.7. The smallest absolute Gasteiger partial charge is 0.170 e. The Labute approximate surface area is 108 Å². The topological polar surface area (TPSA) is 36.5 Å². The quantitative estimate of drug-likeness (QED) is 0.617. The van der Waals surface area contributed by atoms with Crippen molar-refractivity contribution in [1.29, 1.82) is 0 Å². The number of anilines is 2. The minimum absolute atomic E-state index is 0.611. The van der Waals surface area contributed by atoms with Crippen molar-refractivity contribution in [2.75, 3.05) is 44.6 Å². The lowest BCUT2D eigenvalue weighted by atomic mass is 10.2. The molecule has 2 N–H and O–H groups in total. The third kappa shape index (κ3) is 5.01. The summed E-state index contributed by atoms with van der Waals surface area (Å²) in [5.41, 5.74) is 2.14. The molecule has 0 aromatic heterocycles. The number of rotatable bonds is 5.